The highest BCUT2D eigenvalue weighted by Gasteiger charge is 2.12. The fourth-order valence-corrected chi connectivity index (χ4v) is 1.25. The Hall–Kier alpha value is -2.31. The Morgan fingerprint density at radius 3 is 2.71 bits per heavy atom. The quantitative estimate of drug-likeness (QED) is 0.618. The Balaban J connectivity index is 2.95. The molecule has 0 aliphatic carbocycles. The molecular weight excluding hydrogens is 222 g/mol. The molecule has 1 rings (SSSR count). The van der Waals surface area contributed by atoms with Gasteiger partial charge < -0.3 is 21.7 Å². The van der Waals surface area contributed by atoms with Crippen LogP contribution in [0.4, 0.5) is 11.5 Å². The van der Waals surface area contributed by atoms with Gasteiger partial charge in [-0.1, -0.05) is 0 Å². The molecule has 0 fully saturated rings. The third-order valence-electron chi connectivity index (χ3n) is 2.24. The van der Waals surface area contributed by atoms with E-state index in [2.05, 4.69) is 10.3 Å². The maximum atomic E-state index is 11.2. The molecule has 0 saturated carbocycles. The summed E-state index contributed by atoms with van der Waals surface area (Å²) in [5, 5.41) is 2.49. The highest BCUT2D eigenvalue weighted by Crippen LogP contribution is 2.16. The lowest BCUT2D eigenvalue weighted by atomic mass is 10.2. The molecule has 7 nitrogen and oxygen atoms in total. The number of hydrogen-bond acceptors (Lipinski definition) is 5. The van der Waals surface area contributed by atoms with E-state index >= 15 is 0 Å². The number of carbonyl (C=O) groups is 2. The molecule has 0 bridgehead atoms. The number of aromatic nitrogens is 1. The zero-order chi connectivity index (χ0) is 13.0. The summed E-state index contributed by atoms with van der Waals surface area (Å²) in [6.07, 6.45) is 1.34. The van der Waals surface area contributed by atoms with Gasteiger partial charge in [0, 0.05) is 14.1 Å². The molecule has 1 aromatic rings. The summed E-state index contributed by atoms with van der Waals surface area (Å²) in [6.45, 7) is 0.131. The smallest absolute Gasteiger partial charge is 0.250 e. The molecule has 0 aliphatic rings. The molecular formula is C10H15N5O2. The molecule has 0 aliphatic heterocycles. The van der Waals surface area contributed by atoms with Crippen molar-refractivity contribution in [2.24, 2.45) is 5.73 Å². The summed E-state index contributed by atoms with van der Waals surface area (Å²) in [5.41, 5.74) is 11.1. The van der Waals surface area contributed by atoms with Gasteiger partial charge >= 0.3 is 0 Å². The third-order valence-corrected chi connectivity index (χ3v) is 2.24. The predicted octanol–water partition coefficient (Wildman–Crippen LogP) is -1.06. The van der Waals surface area contributed by atoms with Crippen LogP contribution in [0.2, 0.25) is 0 Å². The van der Waals surface area contributed by atoms with Crippen LogP contribution in [0, 0.1) is 0 Å². The summed E-state index contributed by atoms with van der Waals surface area (Å²) in [5.74, 6) is -0.331. The van der Waals surface area contributed by atoms with E-state index in [-0.39, 0.29) is 23.7 Å². The van der Waals surface area contributed by atoms with Crippen molar-refractivity contribution in [3.8, 4) is 0 Å². The lowest BCUT2D eigenvalue weighted by Gasteiger charge is -2.17. The van der Waals surface area contributed by atoms with Crippen molar-refractivity contribution in [2.45, 2.75) is 0 Å². The number of nitrogens with zero attached hydrogens (tertiary/aromatic N) is 2. The van der Waals surface area contributed by atoms with E-state index < -0.39 is 5.91 Å². The SMILES string of the molecule is CNC(=O)CN(C)c1cc(C(N)=O)c(N)cn1. The monoisotopic (exact) mass is 237 g/mol. The summed E-state index contributed by atoms with van der Waals surface area (Å²) >= 11 is 0. The number of carbonyl (C=O) groups excluding carboxylic acids is 2. The van der Waals surface area contributed by atoms with Gasteiger partial charge in [-0.2, -0.15) is 0 Å². The van der Waals surface area contributed by atoms with E-state index in [4.69, 9.17) is 11.5 Å². The van der Waals surface area contributed by atoms with E-state index in [0.717, 1.165) is 0 Å². The molecule has 17 heavy (non-hydrogen) atoms. The van der Waals surface area contributed by atoms with Gasteiger partial charge in [0.1, 0.15) is 5.82 Å². The summed E-state index contributed by atoms with van der Waals surface area (Å²) in [6, 6.07) is 1.46. The first-order chi connectivity index (χ1) is 7.95. The molecule has 0 spiro atoms. The van der Waals surface area contributed by atoms with Crippen LogP contribution in [-0.4, -0.2) is 37.4 Å². The summed E-state index contributed by atoms with van der Waals surface area (Å²) in [4.78, 5) is 27.9. The van der Waals surface area contributed by atoms with Crippen LogP contribution in [0.15, 0.2) is 12.3 Å². The second kappa shape index (κ2) is 5.15. The van der Waals surface area contributed by atoms with Gasteiger partial charge in [-0.3, -0.25) is 9.59 Å². The van der Waals surface area contributed by atoms with Crippen molar-refractivity contribution in [1.82, 2.24) is 10.3 Å². The molecule has 0 unspecified atom stereocenters. The molecule has 1 aromatic heterocycles. The molecule has 1 heterocycles. The fraction of sp³-hybridized carbons (Fsp3) is 0.300. The number of hydrogen-bond donors (Lipinski definition) is 3. The number of amides is 2. The number of nitrogens with two attached hydrogens (primary N) is 2. The van der Waals surface area contributed by atoms with Crippen LogP contribution in [0.1, 0.15) is 10.4 Å². The van der Waals surface area contributed by atoms with Crippen LogP contribution >= 0.6 is 0 Å². The third kappa shape index (κ3) is 3.07. The Labute approximate surface area is 98.8 Å². The summed E-state index contributed by atoms with van der Waals surface area (Å²) in [7, 11) is 3.22. The van der Waals surface area contributed by atoms with Gasteiger partial charge in [0.25, 0.3) is 5.91 Å². The average molecular weight is 237 g/mol. The number of rotatable bonds is 4. The first-order valence-electron chi connectivity index (χ1n) is 4.92. The largest absolute Gasteiger partial charge is 0.397 e. The first-order valence-corrected chi connectivity index (χ1v) is 4.92. The average Bonchev–Trinajstić information content (AvgIpc) is 2.28. The maximum absolute atomic E-state index is 11.2. The lowest BCUT2D eigenvalue weighted by molar-refractivity contribution is -0.119. The predicted molar refractivity (Wildman–Crippen MR) is 64.5 cm³/mol. The van der Waals surface area contributed by atoms with Gasteiger partial charge in [0.05, 0.1) is 24.0 Å². The van der Waals surface area contributed by atoms with Gasteiger partial charge in [0.2, 0.25) is 5.91 Å². The molecule has 5 N–H and O–H groups in total. The Morgan fingerprint density at radius 2 is 2.18 bits per heavy atom. The van der Waals surface area contributed by atoms with Gasteiger partial charge in [-0.25, -0.2) is 4.98 Å². The number of pyridine rings is 1. The van der Waals surface area contributed by atoms with Crippen LogP contribution in [0.3, 0.4) is 0 Å². The number of nitrogens with one attached hydrogen (secondary N) is 1. The zero-order valence-corrected chi connectivity index (χ0v) is 9.73. The normalized spacial score (nSPS) is 9.76. The molecule has 92 valence electrons. The lowest BCUT2D eigenvalue weighted by Crippen LogP contribution is -2.33. The number of likely N-dealkylation sites (N-methyl/N-ethyl adjacent to an activating group) is 2. The number of primary amides is 1. The van der Waals surface area contributed by atoms with Crippen LogP contribution in [0.25, 0.3) is 0 Å². The number of anilines is 2. The van der Waals surface area contributed by atoms with Crippen molar-refractivity contribution < 1.29 is 9.59 Å². The minimum absolute atomic E-state index is 0.131. The minimum Gasteiger partial charge on any atom is -0.397 e. The van der Waals surface area contributed by atoms with Gasteiger partial charge in [-0.05, 0) is 6.07 Å². The molecule has 0 atom stereocenters. The van der Waals surface area contributed by atoms with Crippen LogP contribution < -0.4 is 21.7 Å². The maximum Gasteiger partial charge on any atom is 0.250 e. The molecule has 2 amide bonds. The number of nitrogen functional groups attached to an aromatic ring is 1. The van der Waals surface area contributed by atoms with Gasteiger partial charge in [0.15, 0.2) is 0 Å². The Morgan fingerprint density at radius 1 is 1.53 bits per heavy atom. The highest BCUT2D eigenvalue weighted by molar-refractivity contribution is 5.98. The Bertz CT molecular complexity index is 446. The van der Waals surface area contributed by atoms with Crippen molar-refractivity contribution >= 4 is 23.3 Å². The van der Waals surface area contributed by atoms with Crippen molar-refractivity contribution in [2.75, 3.05) is 31.3 Å². The van der Waals surface area contributed by atoms with Crippen molar-refractivity contribution in [3.05, 3.63) is 17.8 Å². The van der Waals surface area contributed by atoms with Gasteiger partial charge in [-0.15, -0.1) is 0 Å². The fourth-order valence-electron chi connectivity index (χ4n) is 1.25. The molecule has 7 heteroatoms. The van der Waals surface area contributed by atoms with E-state index in [1.807, 2.05) is 0 Å². The highest BCUT2D eigenvalue weighted by atomic mass is 16.2. The van der Waals surface area contributed by atoms with E-state index in [1.54, 1.807) is 19.0 Å². The van der Waals surface area contributed by atoms with E-state index in [1.165, 1.54) is 12.3 Å². The molecule has 0 aromatic carbocycles. The second-order valence-corrected chi connectivity index (χ2v) is 3.52. The Kier molecular flexibility index (Phi) is 3.86. The van der Waals surface area contributed by atoms with Crippen molar-refractivity contribution in [1.29, 1.82) is 0 Å². The first kappa shape index (κ1) is 12.8. The van der Waals surface area contributed by atoms with Crippen LogP contribution in [0.5, 0.6) is 0 Å². The van der Waals surface area contributed by atoms with Crippen LogP contribution in [-0.2, 0) is 4.79 Å². The zero-order valence-electron chi connectivity index (χ0n) is 9.73. The topological polar surface area (TPSA) is 114 Å². The summed E-state index contributed by atoms with van der Waals surface area (Å²) < 4.78 is 0. The molecule has 0 saturated heterocycles. The van der Waals surface area contributed by atoms with Crippen molar-refractivity contribution in [3.63, 3.8) is 0 Å². The van der Waals surface area contributed by atoms with E-state index in [0.29, 0.717) is 5.82 Å². The standard InChI is InChI=1S/C10H15N5O2/c1-13-9(16)5-15(2)8-3-6(10(12)17)7(11)4-14-8/h3-4H,5,11H2,1-2H3,(H2,12,17)(H,13,16). The van der Waals surface area contributed by atoms with E-state index in [9.17, 15) is 9.59 Å². The minimum atomic E-state index is -0.625. The second-order valence-electron chi connectivity index (χ2n) is 3.52. The molecule has 0 radical (unpaired) electrons.